The monoisotopic (exact) mass is 318 g/mol. The Morgan fingerprint density at radius 3 is 2.14 bits per heavy atom. The van der Waals surface area contributed by atoms with E-state index < -0.39 is 6.04 Å². The second-order valence-electron chi connectivity index (χ2n) is 4.48. The van der Waals surface area contributed by atoms with Crippen LogP contribution in [0.1, 0.15) is 5.56 Å². The first-order chi connectivity index (χ1) is 9.51. The van der Waals surface area contributed by atoms with Crippen molar-refractivity contribution in [3.8, 4) is 11.5 Å². The van der Waals surface area contributed by atoms with Gasteiger partial charge in [0, 0.05) is 26.8 Å². The number of hydrogen-bond acceptors (Lipinski definition) is 5. The van der Waals surface area contributed by atoms with Gasteiger partial charge in [-0.05, 0) is 17.7 Å². The van der Waals surface area contributed by atoms with Crippen LogP contribution in [0.15, 0.2) is 18.2 Å². The number of hydrogen-bond donors (Lipinski definition) is 1. The van der Waals surface area contributed by atoms with Crippen LogP contribution in [-0.2, 0) is 16.1 Å². The van der Waals surface area contributed by atoms with E-state index in [2.05, 4.69) is 0 Å². The Balaban J connectivity index is 0.00000400. The minimum absolute atomic E-state index is 0. The molecule has 0 bridgehead atoms. The Bertz CT molecular complexity index is 434. The molecule has 1 aromatic rings. The molecule has 6 nitrogen and oxygen atoms in total. The van der Waals surface area contributed by atoms with Crippen LogP contribution in [0.4, 0.5) is 0 Å². The van der Waals surface area contributed by atoms with Crippen molar-refractivity contribution in [1.29, 1.82) is 0 Å². The van der Waals surface area contributed by atoms with Crippen molar-refractivity contribution < 1.29 is 19.0 Å². The molecule has 0 saturated heterocycles. The minimum Gasteiger partial charge on any atom is -0.497 e. The number of carbonyl (C=O) groups is 1. The number of methoxy groups -OCH3 is 3. The van der Waals surface area contributed by atoms with Gasteiger partial charge in [-0.25, -0.2) is 0 Å². The maximum Gasteiger partial charge on any atom is 0.241 e. The molecule has 1 aromatic carbocycles. The van der Waals surface area contributed by atoms with Gasteiger partial charge < -0.3 is 24.8 Å². The first kappa shape index (κ1) is 19.5. The zero-order chi connectivity index (χ0) is 15.1. The quantitative estimate of drug-likeness (QED) is 0.813. The van der Waals surface area contributed by atoms with Gasteiger partial charge in [0.15, 0.2) is 0 Å². The number of benzene rings is 1. The maximum absolute atomic E-state index is 12.0. The Labute approximate surface area is 131 Å². The third kappa shape index (κ3) is 5.79. The molecule has 0 saturated carbocycles. The molecule has 1 unspecified atom stereocenters. The fourth-order valence-corrected chi connectivity index (χ4v) is 1.84. The Morgan fingerprint density at radius 1 is 1.19 bits per heavy atom. The number of likely N-dealkylation sites (N-methyl/N-ethyl adjacent to an activating group) is 1. The largest absolute Gasteiger partial charge is 0.497 e. The normalized spacial score (nSPS) is 11.3. The molecule has 120 valence electrons. The smallest absolute Gasteiger partial charge is 0.241 e. The Kier molecular flexibility index (Phi) is 8.76. The number of amides is 1. The van der Waals surface area contributed by atoms with Gasteiger partial charge in [0.2, 0.25) is 5.91 Å². The standard InChI is InChI=1S/C14H22N2O4.ClH/c1-16(14(17)13(15)9-18-2)8-10-5-11(19-3)7-12(6-10)20-4;/h5-7,13H,8-9,15H2,1-4H3;1H. The molecule has 0 heterocycles. The number of carbonyl (C=O) groups excluding carboxylic acids is 1. The molecule has 1 rings (SSSR count). The zero-order valence-corrected chi connectivity index (χ0v) is 13.6. The van der Waals surface area contributed by atoms with Gasteiger partial charge in [-0.15, -0.1) is 12.4 Å². The summed E-state index contributed by atoms with van der Waals surface area (Å²) in [5.74, 6) is 1.19. The van der Waals surface area contributed by atoms with Gasteiger partial charge >= 0.3 is 0 Å². The van der Waals surface area contributed by atoms with E-state index in [0.717, 1.165) is 5.56 Å². The van der Waals surface area contributed by atoms with Crippen LogP contribution in [0.2, 0.25) is 0 Å². The Morgan fingerprint density at radius 2 is 1.71 bits per heavy atom. The highest BCUT2D eigenvalue weighted by Gasteiger charge is 2.18. The SMILES string of the molecule is COCC(N)C(=O)N(C)Cc1cc(OC)cc(OC)c1.Cl. The topological polar surface area (TPSA) is 74.0 Å². The van der Waals surface area contributed by atoms with Crippen molar-refractivity contribution in [2.45, 2.75) is 12.6 Å². The van der Waals surface area contributed by atoms with Crippen LogP contribution in [0.5, 0.6) is 11.5 Å². The highest BCUT2D eigenvalue weighted by molar-refractivity contribution is 5.85. The van der Waals surface area contributed by atoms with E-state index in [1.807, 2.05) is 12.1 Å². The minimum atomic E-state index is -0.655. The third-order valence-corrected chi connectivity index (χ3v) is 2.87. The second-order valence-corrected chi connectivity index (χ2v) is 4.48. The lowest BCUT2D eigenvalue weighted by Crippen LogP contribution is -2.44. The molecule has 0 aliphatic rings. The molecule has 2 N–H and O–H groups in total. The van der Waals surface area contributed by atoms with Gasteiger partial charge in [-0.3, -0.25) is 4.79 Å². The van der Waals surface area contributed by atoms with Gasteiger partial charge in [-0.1, -0.05) is 0 Å². The molecular formula is C14H23ClN2O4. The van der Waals surface area contributed by atoms with Crippen LogP contribution >= 0.6 is 12.4 Å². The zero-order valence-electron chi connectivity index (χ0n) is 12.8. The van der Waals surface area contributed by atoms with Gasteiger partial charge in [-0.2, -0.15) is 0 Å². The van der Waals surface area contributed by atoms with Gasteiger partial charge in [0.05, 0.1) is 20.8 Å². The van der Waals surface area contributed by atoms with Gasteiger partial charge in [0.25, 0.3) is 0 Å². The van der Waals surface area contributed by atoms with Crippen molar-refractivity contribution in [1.82, 2.24) is 4.90 Å². The third-order valence-electron chi connectivity index (χ3n) is 2.87. The van der Waals surface area contributed by atoms with E-state index in [1.54, 1.807) is 32.2 Å². The van der Waals surface area contributed by atoms with E-state index in [0.29, 0.717) is 18.0 Å². The lowest BCUT2D eigenvalue weighted by Gasteiger charge is -2.21. The fourth-order valence-electron chi connectivity index (χ4n) is 1.84. The van der Waals surface area contributed by atoms with Crippen LogP contribution in [-0.4, -0.2) is 51.8 Å². The van der Waals surface area contributed by atoms with E-state index in [9.17, 15) is 4.79 Å². The lowest BCUT2D eigenvalue weighted by atomic mass is 10.1. The van der Waals surface area contributed by atoms with E-state index in [-0.39, 0.29) is 24.9 Å². The summed E-state index contributed by atoms with van der Waals surface area (Å²) in [7, 11) is 6.38. The molecule has 0 aliphatic carbocycles. The Hall–Kier alpha value is -1.50. The summed E-state index contributed by atoms with van der Waals surface area (Å²) in [6.45, 7) is 0.619. The van der Waals surface area contributed by atoms with Crippen LogP contribution in [0.25, 0.3) is 0 Å². The van der Waals surface area contributed by atoms with Crippen molar-refractivity contribution in [2.75, 3.05) is 35.0 Å². The molecule has 7 heteroatoms. The van der Waals surface area contributed by atoms with Crippen LogP contribution in [0.3, 0.4) is 0 Å². The first-order valence-electron chi connectivity index (χ1n) is 6.23. The predicted molar refractivity (Wildman–Crippen MR) is 83.1 cm³/mol. The number of rotatable bonds is 7. The molecule has 0 spiro atoms. The van der Waals surface area contributed by atoms with Crippen molar-refractivity contribution in [2.24, 2.45) is 5.73 Å². The van der Waals surface area contributed by atoms with Crippen LogP contribution < -0.4 is 15.2 Å². The molecule has 1 atom stereocenters. The van der Waals surface area contributed by atoms with Crippen molar-refractivity contribution >= 4 is 18.3 Å². The highest BCUT2D eigenvalue weighted by atomic mass is 35.5. The van der Waals surface area contributed by atoms with E-state index >= 15 is 0 Å². The van der Waals surface area contributed by atoms with E-state index in [1.165, 1.54) is 7.11 Å². The summed E-state index contributed by atoms with van der Waals surface area (Å²) in [5.41, 5.74) is 6.63. The van der Waals surface area contributed by atoms with Gasteiger partial charge in [0.1, 0.15) is 17.5 Å². The molecule has 0 fully saturated rings. The second kappa shape index (κ2) is 9.44. The molecular weight excluding hydrogens is 296 g/mol. The van der Waals surface area contributed by atoms with Crippen molar-refractivity contribution in [3.05, 3.63) is 23.8 Å². The number of halogens is 1. The summed E-state index contributed by atoms with van der Waals surface area (Å²) < 4.78 is 15.3. The summed E-state index contributed by atoms with van der Waals surface area (Å²) in [5, 5.41) is 0. The summed E-state index contributed by atoms with van der Waals surface area (Å²) in [4.78, 5) is 13.6. The number of nitrogens with two attached hydrogens (primary N) is 1. The molecule has 21 heavy (non-hydrogen) atoms. The predicted octanol–water partition coefficient (Wildman–Crippen LogP) is 1.06. The number of ether oxygens (including phenoxy) is 3. The molecule has 0 radical (unpaired) electrons. The van der Waals surface area contributed by atoms with E-state index in [4.69, 9.17) is 19.9 Å². The average molecular weight is 319 g/mol. The van der Waals surface area contributed by atoms with Crippen LogP contribution in [0, 0.1) is 0 Å². The fraction of sp³-hybridized carbons (Fsp3) is 0.500. The first-order valence-corrected chi connectivity index (χ1v) is 6.23. The van der Waals surface area contributed by atoms with Crippen molar-refractivity contribution in [3.63, 3.8) is 0 Å². The maximum atomic E-state index is 12.0. The molecule has 1 amide bonds. The molecule has 0 aliphatic heterocycles. The highest BCUT2D eigenvalue weighted by Crippen LogP contribution is 2.23. The average Bonchev–Trinajstić information content (AvgIpc) is 2.45. The number of nitrogens with zero attached hydrogens (tertiary/aromatic N) is 1. The lowest BCUT2D eigenvalue weighted by molar-refractivity contribution is -0.133. The summed E-state index contributed by atoms with van der Waals surface area (Å²) in [6, 6.07) is 4.84. The summed E-state index contributed by atoms with van der Waals surface area (Å²) in [6.07, 6.45) is 0. The summed E-state index contributed by atoms with van der Waals surface area (Å²) >= 11 is 0. The molecule has 0 aromatic heterocycles.